The number of β-amino-alcohol motifs (C(OH)–C–C–N with tert-alkyl or cyclic N) is 1. The first-order valence-corrected chi connectivity index (χ1v) is 11.7. The van der Waals surface area contributed by atoms with Gasteiger partial charge in [0.05, 0.1) is 37.3 Å². The van der Waals surface area contributed by atoms with E-state index in [-0.39, 0.29) is 29.9 Å². The van der Waals surface area contributed by atoms with Crippen LogP contribution in [0.25, 0.3) is 11.0 Å². The third kappa shape index (κ3) is 4.16. The van der Waals surface area contributed by atoms with Crippen molar-refractivity contribution in [2.75, 3.05) is 26.9 Å². The average Bonchev–Trinajstić information content (AvgIpc) is 3.08. The first kappa shape index (κ1) is 23.8. The SMILES string of the molecule is CCCCCOc1ccc(C2c3c(oc4cc(C)cc(C)c4c3=O)C(=O)N2CCO)cc1OC. The van der Waals surface area contributed by atoms with Crippen LogP contribution in [-0.2, 0) is 0 Å². The molecule has 2 heterocycles. The summed E-state index contributed by atoms with van der Waals surface area (Å²) in [6, 6.07) is 8.43. The molecular weight excluding hydrogens is 434 g/mol. The highest BCUT2D eigenvalue weighted by Crippen LogP contribution is 2.41. The number of aliphatic hydroxyl groups excluding tert-OH is 1. The number of methoxy groups -OCH3 is 1. The summed E-state index contributed by atoms with van der Waals surface area (Å²) in [6.45, 7) is 6.33. The molecule has 7 heteroatoms. The van der Waals surface area contributed by atoms with Crippen molar-refractivity contribution in [1.29, 1.82) is 0 Å². The highest BCUT2D eigenvalue weighted by molar-refractivity contribution is 5.99. The minimum atomic E-state index is -0.695. The maximum absolute atomic E-state index is 13.7. The van der Waals surface area contributed by atoms with Gasteiger partial charge in [-0.15, -0.1) is 0 Å². The van der Waals surface area contributed by atoms with Crippen molar-refractivity contribution in [2.24, 2.45) is 0 Å². The standard InChI is InChI=1S/C27H31NO6/c1-5-6-7-12-33-19-9-8-18(15-20(19)32-4)24-23-25(30)22-17(3)13-16(2)14-21(22)34-26(23)27(31)28(24)10-11-29/h8-9,13-15,24,29H,5-7,10-12H2,1-4H3. The first-order chi connectivity index (χ1) is 16.4. The summed E-state index contributed by atoms with van der Waals surface area (Å²) < 4.78 is 17.5. The maximum atomic E-state index is 13.7. The number of rotatable bonds is 9. The van der Waals surface area contributed by atoms with E-state index in [1.165, 1.54) is 4.90 Å². The second-order valence-corrected chi connectivity index (χ2v) is 8.72. The molecule has 34 heavy (non-hydrogen) atoms. The Morgan fingerprint density at radius 1 is 1.09 bits per heavy atom. The van der Waals surface area contributed by atoms with Gasteiger partial charge in [-0.25, -0.2) is 0 Å². The molecule has 1 atom stereocenters. The number of aryl methyl sites for hydroxylation is 2. The van der Waals surface area contributed by atoms with Gasteiger partial charge in [0.2, 0.25) is 5.76 Å². The van der Waals surface area contributed by atoms with Crippen molar-refractivity contribution in [1.82, 2.24) is 4.90 Å². The molecule has 7 nitrogen and oxygen atoms in total. The van der Waals surface area contributed by atoms with Crippen molar-refractivity contribution >= 4 is 16.9 Å². The summed E-state index contributed by atoms with van der Waals surface area (Å²) in [7, 11) is 1.56. The topological polar surface area (TPSA) is 89.2 Å². The Morgan fingerprint density at radius 3 is 2.59 bits per heavy atom. The Balaban J connectivity index is 1.84. The van der Waals surface area contributed by atoms with Gasteiger partial charge >= 0.3 is 0 Å². The summed E-state index contributed by atoms with van der Waals surface area (Å²) in [5, 5.41) is 10.1. The average molecular weight is 466 g/mol. The van der Waals surface area contributed by atoms with Crippen LogP contribution in [0.5, 0.6) is 11.5 Å². The fraction of sp³-hybridized carbons (Fsp3) is 0.407. The quantitative estimate of drug-likeness (QED) is 0.467. The lowest BCUT2D eigenvalue weighted by Crippen LogP contribution is -2.32. The summed E-state index contributed by atoms with van der Waals surface area (Å²) in [6.07, 6.45) is 3.13. The van der Waals surface area contributed by atoms with Crippen LogP contribution in [0.15, 0.2) is 39.5 Å². The van der Waals surface area contributed by atoms with E-state index in [4.69, 9.17) is 13.9 Å². The maximum Gasteiger partial charge on any atom is 0.290 e. The van der Waals surface area contributed by atoms with Crippen molar-refractivity contribution in [3.05, 3.63) is 68.6 Å². The molecule has 4 rings (SSSR count). The van der Waals surface area contributed by atoms with E-state index < -0.39 is 11.9 Å². The van der Waals surface area contributed by atoms with Crippen LogP contribution in [0.3, 0.4) is 0 Å². The number of nitrogens with zero attached hydrogens (tertiary/aromatic N) is 1. The van der Waals surface area contributed by atoms with Gasteiger partial charge in [0, 0.05) is 6.54 Å². The molecule has 0 saturated carbocycles. The zero-order chi connectivity index (χ0) is 24.4. The van der Waals surface area contributed by atoms with Gasteiger partial charge in [-0.3, -0.25) is 9.59 Å². The lowest BCUT2D eigenvalue weighted by atomic mass is 9.96. The third-order valence-corrected chi connectivity index (χ3v) is 6.26. The van der Waals surface area contributed by atoms with Gasteiger partial charge in [0.1, 0.15) is 5.58 Å². The van der Waals surface area contributed by atoms with Gasteiger partial charge in [-0.2, -0.15) is 0 Å². The Labute approximate surface area is 198 Å². The van der Waals surface area contributed by atoms with Crippen LogP contribution in [0.1, 0.15) is 65.0 Å². The summed E-state index contributed by atoms with van der Waals surface area (Å²) in [5.41, 5.74) is 2.89. The van der Waals surface area contributed by atoms with Gasteiger partial charge in [-0.1, -0.05) is 31.9 Å². The number of carbonyl (C=O) groups excluding carboxylic acids is 1. The van der Waals surface area contributed by atoms with Crippen LogP contribution < -0.4 is 14.9 Å². The van der Waals surface area contributed by atoms with Crippen LogP contribution in [-0.4, -0.2) is 42.8 Å². The monoisotopic (exact) mass is 465 g/mol. The number of ether oxygens (including phenoxy) is 2. The fourth-order valence-corrected chi connectivity index (χ4v) is 4.71. The minimum Gasteiger partial charge on any atom is -0.493 e. The van der Waals surface area contributed by atoms with Gasteiger partial charge < -0.3 is 23.9 Å². The molecule has 0 radical (unpaired) electrons. The molecule has 0 spiro atoms. The Morgan fingerprint density at radius 2 is 1.88 bits per heavy atom. The van der Waals surface area contributed by atoms with E-state index in [2.05, 4.69) is 6.92 Å². The molecule has 0 aliphatic carbocycles. The number of carbonyl (C=O) groups is 1. The van der Waals surface area contributed by atoms with E-state index in [1.54, 1.807) is 25.3 Å². The smallest absolute Gasteiger partial charge is 0.290 e. The molecule has 1 amide bonds. The molecule has 1 aliphatic heterocycles. The molecule has 180 valence electrons. The molecule has 3 aromatic rings. The van der Waals surface area contributed by atoms with Crippen LogP contribution >= 0.6 is 0 Å². The molecule has 0 saturated heterocycles. The Kier molecular flexibility index (Phi) is 6.93. The molecular formula is C27H31NO6. The van der Waals surface area contributed by atoms with Gasteiger partial charge in [0.25, 0.3) is 5.91 Å². The molecule has 1 unspecified atom stereocenters. The van der Waals surface area contributed by atoms with Crippen LogP contribution in [0, 0.1) is 13.8 Å². The minimum absolute atomic E-state index is 0.0276. The van der Waals surface area contributed by atoms with E-state index in [9.17, 15) is 14.7 Å². The predicted octanol–water partition coefficient (Wildman–Crippen LogP) is 4.52. The van der Waals surface area contributed by atoms with E-state index in [0.717, 1.165) is 30.4 Å². The third-order valence-electron chi connectivity index (χ3n) is 6.26. The molecule has 0 fully saturated rings. The number of amides is 1. The molecule has 0 bridgehead atoms. The summed E-state index contributed by atoms with van der Waals surface area (Å²) in [5.74, 6) is 0.749. The largest absolute Gasteiger partial charge is 0.493 e. The highest BCUT2D eigenvalue weighted by atomic mass is 16.5. The zero-order valence-electron chi connectivity index (χ0n) is 20.1. The number of unbranched alkanes of at least 4 members (excludes halogenated alkanes) is 2. The van der Waals surface area contributed by atoms with E-state index in [1.807, 2.05) is 26.0 Å². The normalized spacial score (nSPS) is 15.1. The number of benzene rings is 2. The van der Waals surface area contributed by atoms with Crippen molar-refractivity contribution in [3.63, 3.8) is 0 Å². The lowest BCUT2D eigenvalue weighted by molar-refractivity contribution is 0.0691. The van der Waals surface area contributed by atoms with Crippen molar-refractivity contribution < 1.29 is 23.8 Å². The van der Waals surface area contributed by atoms with Gasteiger partial charge in [0.15, 0.2) is 16.9 Å². The summed E-state index contributed by atoms with van der Waals surface area (Å²) >= 11 is 0. The molecule has 1 aliphatic rings. The summed E-state index contributed by atoms with van der Waals surface area (Å²) in [4.78, 5) is 28.5. The molecule has 1 aromatic heterocycles. The van der Waals surface area contributed by atoms with Crippen LogP contribution in [0.2, 0.25) is 0 Å². The predicted molar refractivity (Wildman–Crippen MR) is 130 cm³/mol. The second kappa shape index (κ2) is 9.89. The molecule has 1 N–H and O–H groups in total. The van der Waals surface area contributed by atoms with Gasteiger partial charge in [-0.05, 0) is 55.2 Å². The van der Waals surface area contributed by atoms with E-state index >= 15 is 0 Å². The number of hydrogen-bond acceptors (Lipinski definition) is 6. The number of fused-ring (bicyclic) bond motifs is 2. The van der Waals surface area contributed by atoms with Crippen molar-refractivity contribution in [3.8, 4) is 11.5 Å². The van der Waals surface area contributed by atoms with Crippen LogP contribution in [0.4, 0.5) is 0 Å². The van der Waals surface area contributed by atoms with E-state index in [0.29, 0.717) is 34.6 Å². The number of hydrogen-bond donors (Lipinski definition) is 1. The first-order valence-electron chi connectivity index (χ1n) is 11.7. The Bertz CT molecular complexity index is 1280. The second-order valence-electron chi connectivity index (χ2n) is 8.72. The van der Waals surface area contributed by atoms with Crippen molar-refractivity contribution in [2.45, 2.75) is 46.1 Å². The highest BCUT2D eigenvalue weighted by Gasteiger charge is 2.42. The Hall–Kier alpha value is -3.32. The lowest BCUT2D eigenvalue weighted by Gasteiger charge is -2.25. The fourth-order valence-electron chi connectivity index (χ4n) is 4.71. The number of aliphatic hydroxyl groups is 1. The molecule has 2 aromatic carbocycles. The zero-order valence-corrected chi connectivity index (χ0v) is 20.1.